The zero-order valence-electron chi connectivity index (χ0n) is 10.7. The van der Waals surface area contributed by atoms with Gasteiger partial charge < -0.3 is 4.74 Å². The second kappa shape index (κ2) is 5.80. The summed E-state index contributed by atoms with van der Waals surface area (Å²) in [6.45, 7) is 3.57. The number of carbonyl (C=O) groups excluding carboxylic acids is 1. The third-order valence-electron chi connectivity index (χ3n) is 2.48. The molecule has 1 heterocycles. The first kappa shape index (κ1) is 13.5. The minimum Gasteiger partial charge on any atom is -0.486 e. The maximum Gasteiger partial charge on any atom is 0.167 e. The first-order valence-corrected chi connectivity index (χ1v) is 6.16. The lowest BCUT2D eigenvalue weighted by atomic mass is 10.1. The van der Waals surface area contributed by atoms with Crippen LogP contribution in [0.15, 0.2) is 30.3 Å². The van der Waals surface area contributed by atoms with E-state index in [2.05, 4.69) is 9.97 Å². The number of halogens is 1. The Balaban J connectivity index is 2.10. The van der Waals surface area contributed by atoms with Crippen molar-refractivity contribution in [1.82, 2.24) is 9.97 Å². The highest BCUT2D eigenvalue weighted by molar-refractivity contribution is 6.29. The van der Waals surface area contributed by atoms with Gasteiger partial charge in [-0.2, -0.15) is 0 Å². The van der Waals surface area contributed by atoms with Crippen LogP contribution in [-0.4, -0.2) is 15.8 Å². The second-order valence-electron chi connectivity index (χ2n) is 4.12. The first-order valence-electron chi connectivity index (χ1n) is 5.78. The lowest BCUT2D eigenvalue weighted by Gasteiger charge is -2.07. The predicted molar refractivity (Wildman–Crippen MR) is 72.6 cm³/mol. The van der Waals surface area contributed by atoms with Crippen LogP contribution < -0.4 is 4.74 Å². The molecular formula is C14H13ClN2O2. The van der Waals surface area contributed by atoms with E-state index in [4.69, 9.17) is 16.3 Å². The van der Waals surface area contributed by atoms with E-state index in [0.29, 0.717) is 22.3 Å². The maximum atomic E-state index is 11.3. The molecule has 0 aliphatic rings. The standard InChI is InChI=1S/C14H13ClN2O2/c1-9-6-13(15)17-14(16-9)8-19-12-5-3-4-11(7-12)10(2)18/h3-7H,8H2,1-2H3. The Labute approximate surface area is 116 Å². The fourth-order valence-corrected chi connectivity index (χ4v) is 1.86. The van der Waals surface area contributed by atoms with Gasteiger partial charge in [0.15, 0.2) is 11.6 Å². The van der Waals surface area contributed by atoms with Crippen LogP contribution in [0.2, 0.25) is 5.15 Å². The minimum absolute atomic E-state index is 0.000278. The largest absolute Gasteiger partial charge is 0.486 e. The van der Waals surface area contributed by atoms with Gasteiger partial charge >= 0.3 is 0 Å². The number of aromatic nitrogens is 2. The van der Waals surface area contributed by atoms with Crippen molar-refractivity contribution in [1.29, 1.82) is 0 Å². The summed E-state index contributed by atoms with van der Waals surface area (Å²) < 4.78 is 5.56. The smallest absolute Gasteiger partial charge is 0.167 e. The van der Waals surface area contributed by atoms with Gasteiger partial charge in [-0.15, -0.1) is 0 Å². The number of Topliss-reactive ketones (excluding diaryl/α,β-unsaturated/α-hetero) is 1. The molecular weight excluding hydrogens is 264 g/mol. The molecule has 0 saturated heterocycles. The van der Waals surface area contributed by atoms with Crippen LogP contribution >= 0.6 is 11.6 Å². The molecule has 0 aliphatic heterocycles. The number of ether oxygens (including phenoxy) is 1. The molecule has 2 rings (SSSR count). The Hall–Kier alpha value is -1.94. The fraction of sp³-hybridized carbons (Fsp3) is 0.214. The molecule has 0 amide bonds. The number of aryl methyl sites for hydroxylation is 1. The van der Waals surface area contributed by atoms with Gasteiger partial charge in [-0.1, -0.05) is 23.7 Å². The molecule has 1 aromatic carbocycles. The van der Waals surface area contributed by atoms with Gasteiger partial charge in [-0.25, -0.2) is 9.97 Å². The number of carbonyl (C=O) groups is 1. The normalized spacial score (nSPS) is 10.3. The molecule has 5 heteroatoms. The topological polar surface area (TPSA) is 52.1 Å². The molecule has 0 fully saturated rings. The van der Waals surface area contributed by atoms with Crippen molar-refractivity contribution < 1.29 is 9.53 Å². The number of hydrogen-bond donors (Lipinski definition) is 0. The Kier molecular flexibility index (Phi) is 4.12. The second-order valence-corrected chi connectivity index (χ2v) is 4.51. The first-order chi connectivity index (χ1) is 9.04. The Bertz CT molecular complexity index is 594. The fourth-order valence-electron chi connectivity index (χ4n) is 1.61. The summed E-state index contributed by atoms with van der Waals surface area (Å²) in [5.41, 5.74) is 1.40. The molecule has 98 valence electrons. The highest BCUT2D eigenvalue weighted by atomic mass is 35.5. The molecule has 2 aromatic rings. The number of hydrogen-bond acceptors (Lipinski definition) is 4. The highest BCUT2D eigenvalue weighted by Crippen LogP contribution is 2.15. The molecule has 0 aliphatic carbocycles. The zero-order valence-corrected chi connectivity index (χ0v) is 11.4. The Morgan fingerprint density at radius 2 is 2.11 bits per heavy atom. The third kappa shape index (κ3) is 3.76. The molecule has 0 bridgehead atoms. The van der Waals surface area contributed by atoms with Crippen molar-refractivity contribution in [3.8, 4) is 5.75 Å². The van der Waals surface area contributed by atoms with Gasteiger partial charge in [0.25, 0.3) is 0 Å². The number of rotatable bonds is 4. The molecule has 4 nitrogen and oxygen atoms in total. The SMILES string of the molecule is CC(=O)c1cccc(OCc2nc(C)cc(Cl)n2)c1. The average molecular weight is 277 g/mol. The van der Waals surface area contributed by atoms with Crippen LogP contribution in [0, 0.1) is 6.92 Å². The van der Waals surface area contributed by atoms with E-state index in [9.17, 15) is 4.79 Å². The van der Waals surface area contributed by atoms with E-state index in [1.54, 1.807) is 30.3 Å². The lowest BCUT2D eigenvalue weighted by molar-refractivity contribution is 0.101. The molecule has 0 atom stereocenters. The number of ketones is 1. The van der Waals surface area contributed by atoms with E-state index >= 15 is 0 Å². The summed E-state index contributed by atoms with van der Waals surface area (Å²) >= 11 is 5.85. The molecule has 0 spiro atoms. The third-order valence-corrected chi connectivity index (χ3v) is 2.67. The molecule has 19 heavy (non-hydrogen) atoms. The van der Waals surface area contributed by atoms with Gasteiger partial charge in [-0.05, 0) is 32.0 Å². The molecule has 0 N–H and O–H groups in total. The monoisotopic (exact) mass is 276 g/mol. The van der Waals surface area contributed by atoms with Crippen LogP contribution in [0.5, 0.6) is 5.75 Å². The van der Waals surface area contributed by atoms with Crippen molar-refractivity contribution >= 4 is 17.4 Å². The summed E-state index contributed by atoms with van der Waals surface area (Å²) in [5.74, 6) is 1.12. The van der Waals surface area contributed by atoms with Gasteiger partial charge in [-0.3, -0.25) is 4.79 Å². The Morgan fingerprint density at radius 1 is 1.32 bits per heavy atom. The number of nitrogens with zero attached hydrogens (tertiary/aromatic N) is 2. The quantitative estimate of drug-likeness (QED) is 0.635. The zero-order chi connectivity index (χ0) is 13.8. The van der Waals surface area contributed by atoms with Crippen LogP contribution in [0.3, 0.4) is 0 Å². The van der Waals surface area contributed by atoms with Crippen molar-refractivity contribution in [3.05, 3.63) is 52.6 Å². The number of benzene rings is 1. The van der Waals surface area contributed by atoms with Crippen molar-refractivity contribution in [2.75, 3.05) is 0 Å². The predicted octanol–water partition coefficient (Wildman–Crippen LogP) is 3.22. The summed E-state index contributed by atoms with van der Waals surface area (Å²) in [5, 5.41) is 0.392. The molecule has 0 unspecified atom stereocenters. The van der Waals surface area contributed by atoms with Gasteiger partial charge in [0.2, 0.25) is 0 Å². The Morgan fingerprint density at radius 3 is 2.79 bits per heavy atom. The van der Waals surface area contributed by atoms with Crippen molar-refractivity contribution in [3.63, 3.8) is 0 Å². The van der Waals surface area contributed by atoms with Gasteiger partial charge in [0, 0.05) is 11.3 Å². The lowest BCUT2D eigenvalue weighted by Crippen LogP contribution is -2.03. The van der Waals surface area contributed by atoms with Gasteiger partial charge in [0.1, 0.15) is 17.5 Å². The van der Waals surface area contributed by atoms with Crippen molar-refractivity contribution in [2.24, 2.45) is 0 Å². The van der Waals surface area contributed by atoms with E-state index in [1.807, 2.05) is 6.92 Å². The summed E-state index contributed by atoms with van der Waals surface area (Å²) in [7, 11) is 0. The molecule has 0 radical (unpaired) electrons. The van der Waals surface area contributed by atoms with Crippen LogP contribution in [0.25, 0.3) is 0 Å². The summed E-state index contributed by atoms with van der Waals surface area (Å²) in [4.78, 5) is 19.6. The van der Waals surface area contributed by atoms with Crippen molar-refractivity contribution in [2.45, 2.75) is 20.5 Å². The van der Waals surface area contributed by atoms with E-state index in [0.717, 1.165) is 5.69 Å². The van der Waals surface area contributed by atoms with Crippen LogP contribution in [-0.2, 0) is 6.61 Å². The molecule has 1 aromatic heterocycles. The molecule has 0 saturated carbocycles. The van der Waals surface area contributed by atoms with E-state index < -0.39 is 0 Å². The van der Waals surface area contributed by atoms with Gasteiger partial charge in [0.05, 0.1) is 0 Å². The summed E-state index contributed by atoms with van der Waals surface area (Å²) in [6, 6.07) is 8.68. The summed E-state index contributed by atoms with van der Waals surface area (Å²) in [6.07, 6.45) is 0. The van der Waals surface area contributed by atoms with Crippen LogP contribution in [0.1, 0.15) is 28.8 Å². The highest BCUT2D eigenvalue weighted by Gasteiger charge is 2.04. The van der Waals surface area contributed by atoms with E-state index in [-0.39, 0.29) is 12.4 Å². The average Bonchev–Trinajstić information content (AvgIpc) is 2.35. The maximum absolute atomic E-state index is 11.3. The van der Waals surface area contributed by atoms with Crippen LogP contribution in [0.4, 0.5) is 0 Å². The minimum atomic E-state index is 0.000278. The van der Waals surface area contributed by atoms with E-state index in [1.165, 1.54) is 6.92 Å².